The van der Waals surface area contributed by atoms with E-state index in [2.05, 4.69) is 4.37 Å². The average molecular weight is 130 g/mol. The number of aromatic nitrogens is 1. The van der Waals surface area contributed by atoms with E-state index in [1.165, 1.54) is 17.7 Å². The lowest BCUT2D eigenvalue weighted by molar-refractivity contribution is 0.286. The molecule has 0 amide bonds. The third-order valence-corrected chi connectivity index (χ3v) is 1.62. The summed E-state index contributed by atoms with van der Waals surface area (Å²) in [5, 5.41) is 8.50. The van der Waals surface area contributed by atoms with Crippen LogP contribution in [0.1, 0.15) is 4.88 Å². The summed E-state index contributed by atoms with van der Waals surface area (Å²) in [6.45, 7) is -0.00347. The van der Waals surface area contributed by atoms with Crippen LogP contribution in [-0.4, -0.2) is 9.48 Å². The summed E-state index contributed by atoms with van der Waals surface area (Å²) in [5.41, 5.74) is 5.92. The molecule has 0 atom stereocenters. The van der Waals surface area contributed by atoms with E-state index in [9.17, 15) is 0 Å². The fraction of sp³-hybridized carbons (Fsp3) is 0.250. The first-order valence-electron chi connectivity index (χ1n) is 2.14. The van der Waals surface area contributed by atoms with Gasteiger partial charge in [0, 0.05) is 0 Å². The summed E-state index contributed by atoms with van der Waals surface area (Å²) in [6.07, 6.45) is 1.54. The van der Waals surface area contributed by atoms with Gasteiger partial charge in [-0.2, -0.15) is 4.37 Å². The lowest BCUT2D eigenvalue weighted by Crippen LogP contribution is -1.85. The first-order chi connectivity index (χ1) is 3.84. The molecule has 1 aromatic heterocycles. The molecule has 0 spiro atoms. The van der Waals surface area contributed by atoms with Gasteiger partial charge in [0.05, 0.1) is 23.4 Å². The lowest BCUT2D eigenvalue weighted by Gasteiger charge is -1.85. The maximum atomic E-state index is 8.50. The Labute approximate surface area is 50.9 Å². The Morgan fingerprint density at radius 2 is 2.62 bits per heavy atom. The molecule has 1 aromatic rings. The summed E-state index contributed by atoms with van der Waals surface area (Å²) in [5.74, 6) is 0. The number of rotatable bonds is 1. The highest BCUT2D eigenvalue weighted by Crippen LogP contribution is 2.13. The van der Waals surface area contributed by atoms with Crippen molar-refractivity contribution in [2.45, 2.75) is 6.61 Å². The molecule has 0 aromatic carbocycles. The molecule has 0 fully saturated rings. The maximum absolute atomic E-state index is 8.50. The summed E-state index contributed by atoms with van der Waals surface area (Å²) >= 11 is 1.22. The monoisotopic (exact) mass is 130 g/mol. The molecular weight excluding hydrogens is 124 g/mol. The number of hydrogen-bond acceptors (Lipinski definition) is 4. The molecule has 44 valence electrons. The van der Waals surface area contributed by atoms with Gasteiger partial charge in [0.1, 0.15) is 0 Å². The zero-order chi connectivity index (χ0) is 5.98. The van der Waals surface area contributed by atoms with Crippen LogP contribution in [0.15, 0.2) is 6.20 Å². The molecule has 0 aliphatic rings. The maximum Gasteiger partial charge on any atom is 0.0811 e. The van der Waals surface area contributed by atoms with E-state index in [0.29, 0.717) is 5.69 Å². The van der Waals surface area contributed by atoms with E-state index in [1.54, 1.807) is 0 Å². The Kier molecular flexibility index (Phi) is 1.45. The van der Waals surface area contributed by atoms with E-state index in [4.69, 9.17) is 10.8 Å². The topological polar surface area (TPSA) is 59.1 Å². The molecule has 0 saturated heterocycles. The van der Waals surface area contributed by atoms with Gasteiger partial charge in [-0.15, -0.1) is 0 Å². The van der Waals surface area contributed by atoms with Crippen LogP contribution in [0, 0.1) is 0 Å². The predicted octanol–water partition coefficient (Wildman–Crippen LogP) is 0.218. The number of hydrogen-bond donors (Lipinski definition) is 2. The van der Waals surface area contributed by atoms with Crippen LogP contribution in [0.25, 0.3) is 0 Å². The summed E-state index contributed by atoms with van der Waals surface area (Å²) < 4.78 is 3.75. The number of anilines is 1. The van der Waals surface area contributed by atoms with Crippen LogP contribution in [0.2, 0.25) is 0 Å². The predicted molar refractivity (Wildman–Crippen MR) is 32.4 cm³/mol. The minimum atomic E-state index is -0.00347. The Morgan fingerprint density at radius 1 is 1.88 bits per heavy atom. The van der Waals surface area contributed by atoms with E-state index in [-0.39, 0.29) is 6.61 Å². The smallest absolute Gasteiger partial charge is 0.0811 e. The molecule has 3 nitrogen and oxygen atoms in total. The number of nitrogens with two attached hydrogens (primary N) is 1. The van der Waals surface area contributed by atoms with Crippen molar-refractivity contribution < 1.29 is 5.11 Å². The van der Waals surface area contributed by atoms with Gasteiger partial charge in [0.25, 0.3) is 0 Å². The van der Waals surface area contributed by atoms with Gasteiger partial charge >= 0.3 is 0 Å². The minimum Gasteiger partial charge on any atom is -0.396 e. The van der Waals surface area contributed by atoms with Crippen molar-refractivity contribution >= 4 is 17.2 Å². The van der Waals surface area contributed by atoms with Crippen molar-refractivity contribution in [2.75, 3.05) is 5.73 Å². The van der Waals surface area contributed by atoms with Crippen molar-refractivity contribution in [3.05, 3.63) is 11.1 Å². The summed E-state index contributed by atoms with van der Waals surface area (Å²) in [4.78, 5) is 0.741. The molecular formula is C4H6N2OS. The van der Waals surface area contributed by atoms with Gasteiger partial charge in [0.2, 0.25) is 0 Å². The van der Waals surface area contributed by atoms with Crippen LogP contribution in [0.5, 0.6) is 0 Å². The van der Waals surface area contributed by atoms with Crippen molar-refractivity contribution in [1.82, 2.24) is 4.37 Å². The number of aliphatic hydroxyl groups is 1. The third kappa shape index (κ3) is 0.801. The van der Waals surface area contributed by atoms with Crippen molar-refractivity contribution in [3.8, 4) is 0 Å². The highest BCUT2D eigenvalue weighted by Gasteiger charge is 1.96. The lowest BCUT2D eigenvalue weighted by atomic mass is 10.4. The van der Waals surface area contributed by atoms with E-state index in [0.717, 1.165) is 4.88 Å². The first kappa shape index (κ1) is 5.53. The molecule has 0 aliphatic heterocycles. The number of nitrogens with zero attached hydrogens (tertiary/aromatic N) is 1. The molecule has 0 aliphatic carbocycles. The SMILES string of the molecule is Nc1cnsc1CO. The van der Waals surface area contributed by atoms with Gasteiger partial charge < -0.3 is 10.8 Å². The Morgan fingerprint density at radius 3 is 2.88 bits per heavy atom. The fourth-order valence-corrected chi connectivity index (χ4v) is 0.901. The van der Waals surface area contributed by atoms with Crippen LogP contribution in [-0.2, 0) is 6.61 Å². The fourth-order valence-electron chi connectivity index (χ4n) is 0.392. The van der Waals surface area contributed by atoms with Crippen LogP contribution in [0.4, 0.5) is 5.69 Å². The van der Waals surface area contributed by atoms with Gasteiger partial charge in [-0.1, -0.05) is 0 Å². The zero-order valence-corrected chi connectivity index (χ0v) is 4.98. The normalized spacial score (nSPS) is 9.62. The van der Waals surface area contributed by atoms with Crippen molar-refractivity contribution in [2.24, 2.45) is 0 Å². The first-order valence-corrected chi connectivity index (χ1v) is 2.92. The number of nitrogen functional groups attached to an aromatic ring is 1. The Hall–Kier alpha value is -0.610. The Balaban J connectivity index is 2.92. The molecule has 0 unspecified atom stereocenters. The zero-order valence-electron chi connectivity index (χ0n) is 4.16. The van der Waals surface area contributed by atoms with Crippen molar-refractivity contribution in [3.63, 3.8) is 0 Å². The highest BCUT2D eigenvalue weighted by atomic mass is 32.1. The molecule has 1 heterocycles. The molecule has 0 saturated carbocycles. The van der Waals surface area contributed by atoms with E-state index < -0.39 is 0 Å². The quantitative estimate of drug-likeness (QED) is 0.571. The molecule has 3 N–H and O–H groups in total. The molecule has 4 heteroatoms. The molecule has 0 bridgehead atoms. The summed E-state index contributed by atoms with van der Waals surface area (Å²) in [6, 6.07) is 0. The minimum absolute atomic E-state index is 0.00347. The second-order valence-corrected chi connectivity index (χ2v) is 2.25. The van der Waals surface area contributed by atoms with Gasteiger partial charge in [0.15, 0.2) is 0 Å². The molecule has 8 heavy (non-hydrogen) atoms. The summed E-state index contributed by atoms with van der Waals surface area (Å²) in [7, 11) is 0. The average Bonchev–Trinajstić information content (AvgIpc) is 2.14. The standard InChI is InChI=1S/C4H6N2OS/c5-3-1-6-8-4(3)2-7/h1,7H,2,5H2. The van der Waals surface area contributed by atoms with Crippen molar-refractivity contribution in [1.29, 1.82) is 0 Å². The molecule has 1 rings (SSSR count). The van der Waals surface area contributed by atoms with Gasteiger partial charge in [-0.3, -0.25) is 0 Å². The van der Waals surface area contributed by atoms with Crippen LogP contribution >= 0.6 is 11.5 Å². The van der Waals surface area contributed by atoms with Crippen LogP contribution < -0.4 is 5.73 Å². The van der Waals surface area contributed by atoms with E-state index >= 15 is 0 Å². The van der Waals surface area contributed by atoms with E-state index in [1.807, 2.05) is 0 Å². The highest BCUT2D eigenvalue weighted by molar-refractivity contribution is 7.06. The molecule has 0 radical (unpaired) electrons. The second kappa shape index (κ2) is 2.11. The van der Waals surface area contributed by atoms with Gasteiger partial charge in [-0.05, 0) is 11.5 Å². The van der Waals surface area contributed by atoms with Gasteiger partial charge in [-0.25, -0.2) is 0 Å². The number of aliphatic hydroxyl groups excluding tert-OH is 1. The Bertz CT molecular complexity index is 174. The largest absolute Gasteiger partial charge is 0.396 e. The second-order valence-electron chi connectivity index (χ2n) is 1.36. The third-order valence-electron chi connectivity index (χ3n) is 0.820. The van der Waals surface area contributed by atoms with Crippen LogP contribution in [0.3, 0.4) is 0 Å².